The third kappa shape index (κ3) is 5.90. The van der Waals surface area contributed by atoms with E-state index in [4.69, 9.17) is 5.73 Å². The van der Waals surface area contributed by atoms with Crippen molar-refractivity contribution in [3.8, 4) is 0 Å². The van der Waals surface area contributed by atoms with E-state index in [1.165, 1.54) is 5.56 Å². The quantitative estimate of drug-likeness (QED) is 0.697. The largest absolute Gasteiger partial charge is 0.342 e. The molecule has 3 rings (SSSR count). The second-order valence-corrected chi connectivity index (χ2v) is 9.77. The van der Waals surface area contributed by atoms with Gasteiger partial charge in [0.05, 0.1) is 11.4 Å². The predicted molar refractivity (Wildman–Crippen MR) is 121 cm³/mol. The van der Waals surface area contributed by atoms with Gasteiger partial charge in [-0.25, -0.2) is 13.1 Å². The smallest absolute Gasteiger partial charge is 0.237 e. The Morgan fingerprint density at radius 3 is 2.57 bits per heavy atom. The van der Waals surface area contributed by atoms with Crippen LogP contribution in [0.1, 0.15) is 36.8 Å². The number of amides is 1. The molecule has 7 heteroatoms. The topological polar surface area (TPSA) is 92.5 Å². The van der Waals surface area contributed by atoms with Gasteiger partial charge in [-0.05, 0) is 55.9 Å². The Morgan fingerprint density at radius 2 is 1.90 bits per heavy atom. The van der Waals surface area contributed by atoms with Crippen LogP contribution in [0.25, 0.3) is 5.57 Å². The van der Waals surface area contributed by atoms with Crippen molar-refractivity contribution in [2.75, 3.05) is 26.2 Å². The van der Waals surface area contributed by atoms with Crippen LogP contribution in [0.5, 0.6) is 0 Å². The summed E-state index contributed by atoms with van der Waals surface area (Å²) in [6.45, 7) is 3.82. The lowest BCUT2D eigenvalue weighted by Crippen LogP contribution is -2.44. The molecule has 2 aliphatic rings. The van der Waals surface area contributed by atoms with Crippen LogP contribution in [-0.4, -0.2) is 45.4 Å². The minimum atomic E-state index is -3.72. The number of sulfonamides is 1. The van der Waals surface area contributed by atoms with Crippen molar-refractivity contribution in [3.05, 3.63) is 64.6 Å². The van der Waals surface area contributed by atoms with E-state index in [0.717, 1.165) is 30.4 Å². The number of aryl methyl sites for hydroxylation is 1. The molecule has 0 bridgehead atoms. The first-order chi connectivity index (χ1) is 14.4. The molecule has 1 fully saturated rings. The standard InChI is InChI=1S/C23H31N3O3S/c1-18-5-7-21(8-6-18)20-3-2-4-22(10-9-20)30(28,29)25-17-23(27)26-15-12-19(11-14-24)13-16-26/h2-9,19,25H,10-17,24H2,1H3. The van der Waals surface area contributed by atoms with Gasteiger partial charge in [0.25, 0.3) is 0 Å². The number of rotatable bonds is 7. The highest BCUT2D eigenvalue weighted by Crippen LogP contribution is 2.24. The van der Waals surface area contributed by atoms with Gasteiger partial charge in [-0.3, -0.25) is 4.79 Å². The molecule has 30 heavy (non-hydrogen) atoms. The molecule has 1 saturated heterocycles. The van der Waals surface area contributed by atoms with Crippen molar-refractivity contribution >= 4 is 21.5 Å². The molecule has 1 heterocycles. The molecule has 1 aromatic rings. The number of nitrogens with zero attached hydrogens (tertiary/aromatic N) is 1. The average molecular weight is 430 g/mol. The lowest BCUT2D eigenvalue weighted by atomic mass is 9.93. The summed E-state index contributed by atoms with van der Waals surface area (Å²) in [5.74, 6) is 0.388. The number of benzene rings is 1. The number of carbonyl (C=O) groups is 1. The lowest BCUT2D eigenvalue weighted by Gasteiger charge is -2.32. The molecule has 0 radical (unpaired) electrons. The van der Waals surface area contributed by atoms with Crippen molar-refractivity contribution in [1.29, 1.82) is 0 Å². The molecule has 1 aromatic carbocycles. The van der Waals surface area contributed by atoms with E-state index in [1.54, 1.807) is 17.1 Å². The van der Waals surface area contributed by atoms with Gasteiger partial charge in [-0.15, -0.1) is 0 Å². The molecule has 6 nitrogen and oxygen atoms in total. The molecular formula is C23H31N3O3S. The number of allylic oxidation sites excluding steroid dienone is 6. The molecule has 1 aliphatic carbocycles. The van der Waals surface area contributed by atoms with E-state index < -0.39 is 10.0 Å². The molecule has 1 amide bonds. The zero-order chi connectivity index (χ0) is 21.6. The summed E-state index contributed by atoms with van der Waals surface area (Å²) in [7, 11) is -3.72. The Balaban J connectivity index is 1.56. The normalized spacial score (nSPS) is 18.0. The minimum absolute atomic E-state index is 0.176. The minimum Gasteiger partial charge on any atom is -0.342 e. The van der Waals surface area contributed by atoms with Crippen LogP contribution < -0.4 is 10.5 Å². The number of carbonyl (C=O) groups excluding carboxylic acids is 1. The van der Waals surface area contributed by atoms with Crippen molar-refractivity contribution in [2.24, 2.45) is 11.7 Å². The highest BCUT2D eigenvalue weighted by molar-refractivity contribution is 7.93. The Bertz CT molecular complexity index is 938. The van der Waals surface area contributed by atoms with Crippen LogP contribution in [0.2, 0.25) is 0 Å². The summed E-state index contributed by atoms with van der Waals surface area (Å²) >= 11 is 0. The number of hydrogen-bond acceptors (Lipinski definition) is 4. The molecule has 0 unspecified atom stereocenters. The van der Waals surface area contributed by atoms with Gasteiger partial charge in [0.15, 0.2) is 0 Å². The number of hydrogen-bond donors (Lipinski definition) is 2. The van der Waals surface area contributed by atoms with Gasteiger partial charge in [-0.2, -0.15) is 0 Å². The van der Waals surface area contributed by atoms with Gasteiger partial charge in [0, 0.05) is 19.5 Å². The van der Waals surface area contributed by atoms with E-state index in [2.05, 4.69) is 4.72 Å². The fourth-order valence-electron chi connectivity index (χ4n) is 3.83. The van der Waals surface area contributed by atoms with Crippen LogP contribution in [0.3, 0.4) is 0 Å². The van der Waals surface area contributed by atoms with E-state index in [0.29, 0.717) is 25.6 Å². The summed E-state index contributed by atoms with van der Waals surface area (Å²) in [5.41, 5.74) is 8.81. The van der Waals surface area contributed by atoms with Crippen molar-refractivity contribution < 1.29 is 13.2 Å². The summed E-state index contributed by atoms with van der Waals surface area (Å²) in [4.78, 5) is 14.5. The SMILES string of the molecule is Cc1ccc(C2=CCC(S(=O)(=O)NCC(=O)N3CCC(CCN)CC3)=CC=C2)cc1. The molecule has 0 saturated carbocycles. The molecule has 0 aromatic heterocycles. The van der Waals surface area contributed by atoms with Crippen LogP contribution >= 0.6 is 0 Å². The summed E-state index contributed by atoms with van der Waals surface area (Å²) in [6.07, 6.45) is 10.3. The van der Waals surface area contributed by atoms with Gasteiger partial charge in [-0.1, -0.05) is 48.1 Å². The summed E-state index contributed by atoms with van der Waals surface area (Å²) in [5, 5.41) is 0. The fraction of sp³-hybridized carbons (Fsp3) is 0.435. The number of nitrogens with one attached hydrogen (secondary N) is 1. The van der Waals surface area contributed by atoms with Gasteiger partial charge in [0.2, 0.25) is 15.9 Å². The zero-order valence-electron chi connectivity index (χ0n) is 17.5. The van der Waals surface area contributed by atoms with E-state index in [9.17, 15) is 13.2 Å². The highest BCUT2D eigenvalue weighted by Gasteiger charge is 2.24. The van der Waals surface area contributed by atoms with E-state index in [1.807, 2.05) is 43.3 Å². The average Bonchev–Trinajstić information content (AvgIpc) is 3.00. The van der Waals surface area contributed by atoms with E-state index >= 15 is 0 Å². The second-order valence-electron chi connectivity index (χ2n) is 7.95. The number of piperidine rings is 1. The first kappa shape index (κ1) is 22.5. The van der Waals surface area contributed by atoms with Crippen LogP contribution in [0.15, 0.2) is 53.5 Å². The Labute approximate surface area is 179 Å². The Kier molecular flexibility index (Phi) is 7.64. The summed E-state index contributed by atoms with van der Waals surface area (Å²) < 4.78 is 27.9. The highest BCUT2D eigenvalue weighted by atomic mass is 32.2. The zero-order valence-corrected chi connectivity index (χ0v) is 18.3. The van der Waals surface area contributed by atoms with Crippen LogP contribution in [0, 0.1) is 12.8 Å². The predicted octanol–water partition coefficient (Wildman–Crippen LogP) is 2.73. The first-order valence-corrected chi connectivity index (χ1v) is 12.0. The maximum absolute atomic E-state index is 12.7. The van der Waals surface area contributed by atoms with Crippen molar-refractivity contribution in [1.82, 2.24) is 9.62 Å². The molecule has 1 aliphatic heterocycles. The third-order valence-corrected chi connectivity index (χ3v) is 7.28. The molecule has 0 atom stereocenters. The molecular weight excluding hydrogens is 398 g/mol. The first-order valence-electron chi connectivity index (χ1n) is 10.5. The lowest BCUT2D eigenvalue weighted by molar-refractivity contribution is -0.131. The second kappa shape index (κ2) is 10.2. The Morgan fingerprint density at radius 1 is 1.20 bits per heavy atom. The molecule has 0 spiro atoms. The van der Waals surface area contributed by atoms with Crippen LogP contribution in [0.4, 0.5) is 0 Å². The maximum Gasteiger partial charge on any atom is 0.237 e. The van der Waals surface area contributed by atoms with E-state index in [-0.39, 0.29) is 23.8 Å². The summed E-state index contributed by atoms with van der Waals surface area (Å²) in [6, 6.07) is 8.12. The molecule has 3 N–H and O–H groups in total. The number of likely N-dealkylation sites (tertiary alicyclic amines) is 1. The maximum atomic E-state index is 12.7. The fourth-order valence-corrected chi connectivity index (χ4v) is 4.89. The van der Waals surface area contributed by atoms with Crippen LogP contribution in [-0.2, 0) is 14.8 Å². The van der Waals surface area contributed by atoms with Gasteiger partial charge >= 0.3 is 0 Å². The van der Waals surface area contributed by atoms with Crippen molar-refractivity contribution in [3.63, 3.8) is 0 Å². The Hall–Kier alpha value is -2.22. The monoisotopic (exact) mass is 429 g/mol. The van der Waals surface area contributed by atoms with Gasteiger partial charge < -0.3 is 10.6 Å². The van der Waals surface area contributed by atoms with Crippen molar-refractivity contribution in [2.45, 2.75) is 32.6 Å². The third-order valence-electron chi connectivity index (χ3n) is 5.77. The molecule has 162 valence electrons. The number of nitrogens with two attached hydrogens (primary N) is 1. The van der Waals surface area contributed by atoms with Gasteiger partial charge in [0.1, 0.15) is 0 Å².